The maximum Gasteiger partial charge on any atom is 0.107 e. The molecule has 40 heavy (non-hydrogen) atoms. The monoisotopic (exact) mass is 510 g/mol. The van der Waals surface area contributed by atoms with E-state index in [-0.39, 0.29) is 0 Å². The minimum Gasteiger partial charge on any atom is -0.252 e. The largest absolute Gasteiger partial charge is 0.252 e. The Morgan fingerprint density at radius 3 is 1.43 bits per heavy atom. The summed E-state index contributed by atoms with van der Waals surface area (Å²) in [6, 6.07) is 41.9. The van der Waals surface area contributed by atoms with Crippen LogP contribution >= 0.6 is 0 Å². The highest BCUT2D eigenvalue weighted by atomic mass is 14.8. The molecule has 0 saturated carbocycles. The summed E-state index contributed by atoms with van der Waals surface area (Å²) in [5.74, 6) is 0. The fourth-order valence-electron chi connectivity index (χ4n) is 5.56. The Hall–Kier alpha value is -5.48. The lowest BCUT2D eigenvalue weighted by atomic mass is 10.0. The molecule has 0 aliphatic rings. The normalized spacial score (nSPS) is 11.5. The zero-order valence-corrected chi connectivity index (χ0v) is 21.5. The maximum atomic E-state index is 5.14. The van der Waals surface area contributed by atoms with Crippen molar-refractivity contribution < 1.29 is 0 Å². The highest BCUT2D eigenvalue weighted by Crippen LogP contribution is 2.32. The summed E-state index contributed by atoms with van der Waals surface area (Å²) in [4.78, 5) is 19.8. The molecule has 4 heteroatoms. The summed E-state index contributed by atoms with van der Waals surface area (Å²) in [6.45, 7) is 0. The van der Waals surface area contributed by atoms with Gasteiger partial charge >= 0.3 is 0 Å². The summed E-state index contributed by atoms with van der Waals surface area (Å²) in [5.41, 5.74) is 7.20. The first-order valence-electron chi connectivity index (χ1n) is 13.3. The van der Waals surface area contributed by atoms with E-state index in [1.54, 1.807) is 0 Å². The Kier molecular flexibility index (Phi) is 5.10. The SMILES string of the molecule is c1ccc2c(-c3cnc(-c4ccc5ccc6ccc(-c7cccc8ccccc78)nc6c5n4)cn3)cccc2c1. The van der Waals surface area contributed by atoms with E-state index in [0.29, 0.717) is 0 Å². The van der Waals surface area contributed by atoms with Crippen LogP contribution in [-0.4, -0.2) is 19.9 Å². The number of nitrogens with zero attached hydrogens (tertiary/aromatic N) is 4. The molecule has 0 radical (unpaired) electrons. The van der Waals surface area contributed by atoms with Gasteiger partial charge in [0.2, 0.25) is 0 Å². The van der Waals surface area contributed by atoms with Gasteiger partial charge in [-0.15, -0.1) is 0 Å². The van der Waals surface area contributed by atoms with Gasteiger partial charge in [0.25, 0.3) is 0 Å². The molecular weight excluding hydrogens is 488 g/mol. The van der Waals surface area contributed by atoms with Gasteiger partial charge in [0.15, 0.2) is 0 Å². The molecule has 8 rings (SSSR count). The van der Waals surface area contributed by atoms with E-state index >= 15 is 0 Å². The van der Waals surface area contributed by atoms with Crippen molar-refractivity contribution in [1.29, 1.82) is 0 Å². The molecule has 8 aromatic rings. The van der Waals surface area contributed by atoms with Crippen molar-refractivity contribution >= 4 is 43.4 Å². The van der Waals surface area contributed by atoms with Crippen LogP contribution in [0.2, 0.25) is 0 Å². The van der Waals surface area contributed by atoms with Crippen molar-refractivity contribution in [2.24, 2.45) is 0 Å². The Bertz CT molecular complexity index is 2210. The maximum absolute atomic E-state index is 5.14. The first-order chi connectivity index (χ1) is 19.8. The summed E-state index contributed by atoms with van der Waals surface area (Å²) >= 11 is 0. The summed E-state index contributed by atoms with van der Waals surface area (Å²) in [5, 5.41) is 6.83. The third kappa shape index (κ3) is 3.69. The lowest BCUT2D eigenvalue weighted by Gasteiger charge is -2.10. The van der Waals surface area contributed by atoms with Crippen LogP contribution in [0.4, 0.5) is 0 Å². The van der Waals surface area contributed by atoms with E-state index in [4.69, 9.17) is 19.9 Å². The second-order valence-corrected chi connectivity index (χ2v) is 9.94. The van der Waals surface area contributed by atoms with Gasteiger partial charge in [-0.05, 0) is 33.7 Å². The Morgan fingerprint density at radius 1 is 0.325 bits per heavy atom. The lowest BCUT2D eigenvalue weighted by molar-refractivity contribution is 1.19. The third-order valence-corrected chi connectivity index (χ3v) is 7.57. The minimum absolute atomic E-state index is 0.730. The number of rotatable bonds is 3. The Balaban J connectivity index is 1.24. The molecule has 5 aromatic carbocycles. The van der Waals surface area contributed by atoms with Gasteiger partial charge in [0.05, 0.1) is 40.5 Å². The van der Waals surface area contributed by atoms with Crippen LogP contribution in [0, 0.1) is 0 Å². The number of fused-ring (bicyclic) bond motifs is 5. The van der Waals surface area contributed by atoms with Crippen LogP contribution in [0.25, 0.3) is 77.3 Å². The van der Waals surface area contributed by atoms with Crippen LogP contribution in [0.5, 0.6) is 0 Å². The van der Waals surface area contributed by atoms with Gasteiger partial charge in [0, 0.05) is 21.9 Å². The molecule has 186 valence electrons. The molecule has 0 unspecified atom stereocenters. The molecule has 0 saturated heterocycles. The third-order valence-electron chi connectivity index (χ3n) is 7.57. The quantitative estimate of drug-likeness (QED) is 0.223. The van der Waals surface area contributed by atoms with Gasteiger partial charge in [0.1, 0.15) is 5.69 Å². The molecule has 3 heterocycles. The van der Waals surface area contributed by atoms with E-state index in [2.05, 4.69) is 115 Å². The average Bonchev–Trinajstić information content (AvgIpc) is 3.04. The number of benzene rings is 5. The number of hydrogen-bond donors (Lipinski definition) is 0. The zero-order valence-electron chi connectivity index (χ0n) is 21.5. The second-order valence-electron chi connectivity index (χ2n) is 9.94. The lowest BCUT2D eigenvalue weighted by Crippen LogP contribution is -1.94. The first-order valence-corrected chi connectivity index (χ1v) is 13.3. The van der Waals surface area contributed by atoms with E-state index in [1.807, 2.05) is 18.5 Å². The Labute approximate surface area is 230 Å². The molecule has 0 amide bonds. The van der Waals surface area contributed by atoms with E-state index < -0.39 is 0 Å². The van der Waals surface area contributed by atoms with Gasteiger partial charge < -0.3 is 0 Å². The predicted octanol–water partition coefficient (Wildman–Crippen LogP) is 8.88. The van der Waals surface area contributed by atoms with Crippen molar-refractivity contribution in [3.05, 3.63) is 134 Å². The Morgan fingerprint density at radius 2 is 0.800 bits per heavy atom. The van der Waals surface area contributed by atoms with E-state index in [0.717, 1.165) is 61.1 Å². The first kappa shape index (κ1) is 22.5. The highest BCUT2D eigenvalue weighted by Gasteiger charge is 2.12. The standard InChI is InChI=1S/C36H22N4/c1-3-11-27-23(7-1)9-5-13-29(27)31-19-17-25-15-16-26-18-20-32(40-36(26)35(25)39-31)34-22-37-33(21-38-34)30-14-6-10-24-8-2-4-12-28(24)30/h1-22H. The van der Waals surface area contributed by atoms with E-state index in [9.17, 15) is 0 Å². The molecule has 4 nitrogen and oxygen atoms in total. The van der Waals surface area contributed by atoms with Crippen LogP contribution in [0.15, 0.2) is 134 Å². The number of pyridine rings is 2. The number of aromatic nitrogens is 4. The highest BCUT2D eigenvalue weighted by molar-refractivity contribution is 6.05. The molecular formula is C36H22N4. The predicted molar refractivity (Wildman–Crippen MR) is 164 cm³/mol. The van der Waals surface area contributed by atoms with Crippen molar-refractivity contribution in [1.82, 2.24) is 19.9 Å². The van der Waals surface area contributed by atoms with Gasteiger partial charge in [-0.25, -0.2) is 9.97 Å². The topological polar surface area (TPSA) is 51.6 Å². The van der Waals surface area contributed by atoms with Crippen molar-refractivity contribution in [3.8, 4) is 33.9 Å². The van der Waals surface area contributed by atoms with Gasteiger partial charge in [-0.3, -0.25) is 9.97 Å². The van der Waals surface area contributed by atoms with E-state index in [1.165, 1.54) is 16.2 Å². The molecule has 0 aliphatic heterocycles. The minimum atomic E-state index is 0.730. The molecule has 0 N–H and O–H groups in total. The summed E-state index contributed by atoms with van der Waals surface area (Å²) < 4.78 is 0. The van der Waals surface area contributed by atoms with Crippen LogP contribution in [-0.2, 0) is 0 Å². The molecule has 3 aromatic heterocycles. The van der Waals surface area contributed by atoms with Crippen LogP contribution < -0.4 is 0 Å². The second kappa shape index (κ2) is 9.07. The molecule has 0 atom stereocenters. The van der Waals surface area contributed by atoms with Gasteiger partial charge in [-0.1, -0.05) is 109 Å². The summed E-state index contributed by atoms with van der Waals surface area (Å²) in [7, 11) is 0. The van der Waals surface area contributed by atoms with Crippen molar-refractivity contribution in [2.45, 2.75) is 0 Å². The number of hydrogen-bond acceptors (Lipinski definition) is 4. The molecule has 0 bridgehead atoms. The molecule has 0 spiro atoms. The molecule has 0 fully saturated rings. The fraction of sp³-hybridized carbons (Fsp3) is 0. The smallest absolute Gasteiger partial charge is 0.107 e. The zero-order chi connectivity index (χ0) is 26.5. The van der Waals surface area contributed by atoms with Crippen molar-refractivity contribution in [2.75, 3.05) is 0 Å². The van der Waals surface area contributed by atoms with Gasteiger partial charge in [-0.2, -0.15) is 0 Å². The average molecular weight is 511 g/mol. The molecule has 0 aliphatic carbocycles. The van der Waals surface area contributed by atoms with Crippen molar-refractivity contribution in [3.63, 3.8) is 0 Å². The van der Waals surface area contributed by atoms with Crippen LogP contribution in [0.3, 0.4) is 0 Å². The van der Waals surface area contributed by atoms with Crippen LogP contribution in [0.1, 0.15) is 0 Å². The fourth-order valence-corrected chi connectivity index (χ4v) is 5.56. The summed E-state index contributed by atoms with van der Waals surface area (Å²) in [6.07, 6.45) is 3.65.